The van der Waals surface area contributed by atoms with E-state index in [1.165, 1.54) is 0 Å². The van der Waals surface area contributed by atoms with E-state index in [-0.39, 0.29) is 7.21 Å². The first-order valence-electron chi connectivity index (χ1n) is 8.69. The van der Waals surface area contributed by atoms with Gasteiger partial charge in [-0.05, 0) is 19.1 Å². The Labute approximate surface area is 150 Å². The fourth-order valence-corrected chi connectivity index (χ4v) is 1.81. The van der Waals surface area contributed by atoms with E-state index in [2.05, 4.69) is 15.5 Å². The average molecular weight is 357 g/mol. The summed E-state index contributed by atoms with van der Waals surface area (Å²) in [5.74, 6) is 0.610. The van der Waals surface area contributed by atoms with Gasteiger partial charge in [-0.15, -0.1) is 10.2 Å². The van der Waals surface area contributed by atoms with Crippen molar-refractivity contribution >= 4 is 11.6 Å². The minimum Gasteiger partial charge on any atom is -0.379 e. The van der Waals surface area contributed by atoms with E-state index in [9.17, 15) is 4.79 Å². The molecule has 0 spiro atoms. The Morgan fingerprint density at radius 2 is 1.52 bits per heavy atom. The number of anilines is 1. The van der Waals surface area contributed by atoms with Gasteiger partial charge >= 0.3 is 0 Å². The third-order valence-corrected chi connectivity index (χ3v) is 3.14. The second-order valence-corrected chi connectivity index (χ2v) is 5.04. The monoisotopic (exact) mass is 357 g/mol. The van der Waals surface area contributed by atoms with E-state index < -0.39 is 0 Å². The standard InChI is InChI=1S/C17H29N3O5.H2/c1-3-16(21)15-5-6-17(20-19-15)18-7-8-23-11-12-25-14-13-24-10-9-22-4-2;/h5-6H,3-4,7-14H2,1-2H3,(H,18,20);1H. The van der Waals surface area contributed by atoms with Crippen LogP contribution in [0.15, 0.2) is 12.1 Å². The van der Waals surface area contributed by atoms with Crippen LogP contribution in [0, 0.1) is 0 Å². The summed E-state index contributed by atoms with van der Waals surface area (Å²) >= 11 is 0. The Balaban J connectivity index is 0.00000625. The first kappa shape index (κ1) is 21.4. The van der Waals surface area contributed by atoms with Gasteiger partial charge in [0.1, 0.15) is 11.5 Å². The fourth-order valence-electron chi connectivity index (χ4n) is 1.81. The van der Waals surface area contributed by atoms with E-state index in [0.29, 0.717) is 77.3 Å². The summed E-state index contributed by atoms with van der Waals surface area (Å²) < 4.78 is 21.3. The van der Waals surface area contributed by atoms with Crippen LogP contribution in [-0.2, 0) is 18.9 Å². The zero-order valence-corrected chi connectivity index (χ0v) is 15.2. The van der Waals surface area contributed by atoms with Gasteiger partial charge in [0, 0.05) is 21.0 Å². The predicted octanol–water partition coefficient (Wildman–Crippen LogP) is 1.81. The fraction of sp³-hybridized carbons (Fsp3) is 0.706. The third kappa shape index (κ3) is 10.8. The van der Waals surface area contributed by atoms with Gasteiger partial charge in [-0.25, -0.2) is 0 Å². The van der Waals surface area contributed by atoms with Crippen molar-refractivity contribution in [3.05, 3.63) is 17.8 Å². The van der Waals surface area contributed by atoms with Gasteiger partial charge in [-0.2, -0.15) is 0 Å². The van der Waals surface area contributed by atoms with Gasteiger partial charge in [0.2, 0.25) is 0 Å². The second kappa shape index (κ2) is 14.7. The van der Waals surface area contributed by atoms with Crippen LogP contribution >= 0.6 is 0 Å². The molecular formula is C17H31N3O5. The van der Waals surface area contributed by atoms with Gasteiger partial charge in [-0.1, -0.05) is 6.92 Å². The molecule has 0 radical (unpaired) electrons. The van der Waals surface area contributed by atoms with E-state index in [1.807, 2.05) is 6.92 Å². The quantitative estimate of drug-likeness (QED) is 0.354. The van der Waals surface area contributed by atoms with Crippen LogP contribution < -0.4 is 5.32 Å². The molecule has 0 fully saturated rings. The number of ketones is 1. The van der Waals surface area contributed by atoms with Crippen molar-refractivity contribution < 1.29 is 25.2 Å². The molecule has 25 heavy (non-hydrogen) atoms. The molecule has 0 saturated carbocycles. The van der Waals surface area contributed by atoms with Crippen LogP contribution in [0.4, 0.5) is 5.82 Å². The number of aromatic nitrogens is 2. The Morgan fingerprint density at radius 3 is 2.04 bits per heavy atom. The first-order valence-corrected chi connectivity index (χ1v) is 8.69. The molecule has 1 aromatic heterocycles. The predicted molar refractivity (Wildman–Crippen MR) is 96.2 cm³/mol. The average Bonchev–Trinajstić information content (AvgIpc) is 2.65. The summed E-state index contributed by atoms with van der Waals surface area (Å²) in [7, 11) is 0. The van der Waals surface area contributed by atoms with Crippen LogP contribution in [-0.4, -0.2) is 75.4 Å². The summed E-state index contributed by atoms with van der Waals surface area (Å²) in [5, 5.41) is 10.9. The number of Topliss-reactive ketones (excluding diaryl/α,β-unsaturated/α-hetero) is 1. The third-order valence-electron chi connectivity index (χ3n) is 3.14. The van der Waals surface area contributed by atoms with Crippen molar-refractivity contribution in [1.82, 2.24) is 10.2 Å². The van der Waals surface area contributed by atoms with Crippen LogP contribution in [0.2, 0.25) is 0 Å². The number of nitrogens with one attached hydrogen (secondary N) is 1. The molecule has 1 aromatic rings. The minimum absolute atomic E-state index is 0. The van der Waals surface area contributed by atoms with Crippen molar-refractivity contribution in [1.29, 1.82) is 0 Å². The Hall–Kier alpha value is -1.61. The molecule has 1 rings (SSSR count). The number of nitrogens with zero attached hydrogens (tertiary/aromatic N) is 2. The summed E-state index contributed by atoms with van der Waals surface area (Å²) in [4.78, 5) is 11.4. The summed E-state index contributed by atoms with van der Waals surface area (Å²) in [6.07, 6.45) is 0.427. The van der Waals surface area contributed by atoms with Crippen molar-refractivity contribution in [2.75, 3.05) is 64.7 Å². The molecule has 0 aliphatic heterocycles. The molecule has 0 amide bonds. The highest BCUT2D eigenvalue weighted by Crippen LogP contribution is 2.03. The minimum atomic E-state index is -0.0120. The van der Waals surface area contributed by atoms with E-state index in [1.54, 1.807) is 19.1 Å². The summed E-state index contributed by atoms with van der Waals surface area (Å²) in [6.45, 7) is 8.98. The van der Waals surface area contributed by atoms with Crippen LogP contribution in [0.25, 0.3) is 0 Å². The molecule has 0 unspecified atom stereocenters. The van der Waals surface area contributed by atoms with Crippen molar-refractivity contribution in [2.45, 2.75) is 20.3 Å². The Bertz CT molecular complexity index is 462. The molecule has 1 heterocycles. The highest BCUT2D eigenvalue weighted by atomic mass is 16.6. The number of hydrogen-bond donors (Lipinski definition) is 1. The maximum atomic E-state index is 11.4. The summed E-state index contributed by atoms with van der Waals surface area (Å²) in [6, 6.07) is 3.41. The normalized spacial score (nSPS) is 10.8. The smallest absolute Gasteiger partial charge is 0.182 e. The van der Waals surface area contributed by atoms with Gasteiger partial charge in [0.25, 0.3) is 0 Å². The molecule has 0 saturated heterocycles. The van der Waals surface area contributed by atoms with Gasteiger partial charge < -0.3 is 24.3 Å². The van der Waals surface area contributed by atoms with E-state index in [4.69, 9.17) is 18.9 Å². The number of carbonyl (C=O) groups excluding carboxylic acids is 1. The van der Waals surface area contributed by atoms with Crippen molar-refractivity contribution in [2.24, 2.45) is 0 Å². The van der Waals surface area contributed by atoms with Gasteiger partial charge in [-0.3, -0.25) is 4.79 Å². The molecule has 0 aliphatic rings. The molecule has 0 aliphatic carbocycles. The van der Waals surface area contributed by atoms with Crippen molar-refractivity contribution in [3.63, 3.8) is 0 Å². The number of rotatable bonds is 16. The molecule has 8 heteroatoms. The van der Waals surface area contributed by atoms with Crippen LogP contribution in [0.1, 0.15) is 32.2 Å². The molecule has 1 N–H and O–H groups in total. The highest BCUT2D eigenvalue weighted by Gasteiger charge is 2.05. The molecule has 0 bridgehead atoms. The SMILES string of the molecule is CCOCCOCCOCCOCCNc1ccc(C(=O)CC)nn1.[HH]. The van der Waals surface area contributed by atoms with Crippen molar-refractivity contribution in [3.8, 4) is 0 Å². The highest BCUT2D eigenvalue weighted by molar-refractivity contribution is 5.93. The second-order valence-electron chi connectivity index (χ2n) is 5.04. The zero-order valence-electron chi connectivity index (χ0n) is 15.2. The number of ether oxygens (including phenoxy) is 4. The molecule has 8 nitrogen and oxygen atoms in total. The Morgan fingerprint density at radius 1 is 0.920 bits per heavy atom. The van der Waals surface area contributed by atoms with Crippen LogP contribution in [0.3, 0.4) is 0 Å². The van der Waals surface area contributed by atoms with E-state index in [0.717, 1.165) is 0 Å². The van der Waals surface area contributed by atoms with Gasteiger partial charge in [0.05, 0.1) is 46.2 Å². The topological polar surface area (TPSA) is 91.8 Å². The molecule has 0 aromatic carbocycles. The molecule has 0 atom stereocenters. The lowest BCUT2D eigenvalue weighted by Crippen LogP contribution is -2.15. The lowest BCUT2D eigenvalue weighted by molar-refractivity contribution is 0.000608. The number of carbonyl (C=O) groups is 1. The van der Waals surface area contributed by atoms with Crippen LogP contribution in [0.5, 0.6) is 0 Å². The first-order chi connectivity index (χ1) is 12.3. The lowest BCUT2D eigenvalue weighted by atomic mass is 10.2. The molecule has 144 valence electrons. The maximum absolute atomic E-state index is 11.4. The molecular weight excluding hydrogens is 326 g/mol. The Kier molecular flexibility index (Phi) is 12.6. The zero-order chi connectivity index (χ0) is 18.2. The lowest BCUT2D eigenvalue weighted by Gasteiger charge is -2.08. The van der Waals surface area contributed by atoms with Gasteiger partial charge in [0.15, 0.2) is 5.78 Å². The van der Waals surface area contributed by atoms with E-state index >= 15 is 0 Å². The summed E-state index contributed by atoms with van der Waals surface area (Å²) in [5.41, 5.74) is 0.392. The number of hydrogen-bond acceptors (Lipinski definition) is 8. The maximum Gasteiger partial charge on any atom is 0.182 e. The largest absolute Gasteiger partial charge is 0.379 e.